The minimum atomic E-state index is -0.422. The maximum absolute atomic E-state index is 15.4. The van der Waals surface area contributed by atoms with Gasteiger partial charge in [-0.3, -0.25) is 10.1 Å². The molecule has 41 heavy (non-hydrogen) atoms. The molecule has 3 N–H and O–H groups in total. The number of anilines is 1. The molecular weight excluding hydrogens is 515 g/mol. The molecule has 8 nitrogen and oxygen atoms in total. The minimum Gasteiger partial charge on any atom is -0.358 e. The van der Waals surface area contributed by atoms with Crippen LogP contribution in [0, 0.1) is 25.6 Å². The molecule has 9 heteroatoms. The van der Waals surface area contributed by atoms with Gasteiger partial charge < -0.3 is 14.9 Å². The first kappa shape index (κ1) is 26.4. The molecule has 0 radical (unpaired) electrons. The Labute approximate surface area is 238 Å². The number of rotatable bonds is 8. The van der Waals surface area contributed by atoms with Gasteiger partial charge in [0.2, 0.25) is 0 Å². The number of hydrogen-bond acceptors (Lipinski definition) is 5. The van der Waals surface area contributed by atoms with Crippen LogP contribution in [0.4, 0.5) is 10.1 Å². The Bertz CT molecular complexity index is 1780. The number of aryl methyl sites for hydroxylation is 2. The van der Waals surface area contributed by atoms with Gasteiger partial charge in [-0.25, -0.2) is 14.4 Å². The standard InChI is InChI=1S/C32H33FN8/c1-5-9-28(41-17-19(2)35-18-41)29-21(4)37-32(38-29)31-26-13-23(14-27(33)30(26)39-40-31)24-12-25(16-34-15-24)36-20(3)22-10-7-6-8-11-22/h5,9,12-18,22,36H,1,3,6-8,10-11H2,2,4H3,(H,37,38)(H,39,40)/b28-9+. The predicted molar refractivity (Wildman–Crippen MR) is 161 cm³/mol. The molecule has 0 saturated heterocycles. The van der Waals surface area contributed by atoms with Gasteiger partial charge in [-0.05, 0) is 62.4 Å². The third kappa shape index (κ3) is 5.23. The van der Waals surface area contributed by atoms with Crippen LogP contribution >= 0.6 is 0 Å². The summed E-state index contributed by atoms with van der Waals surface area (Å²) in [5.41, 5.74) is 7.49. The second-order valence-corrected chi connectivity index (χ2v) is 10.7. The van der Waals surface area contributed by atoms with E-state index in [0.29, 0.717) is 28.4 Å². The third-order valence-electron chi connectivity index (χ3n) is 7.72. The van der Waals surface area contributed by atoms with Crippen molar-refractivity contribution >= 4 is 22.3 Å². The Morgan fingerprint density at radius 2 is 1.95 bits per heavy atom. The number of benzene rings is 1. The summed E-state index contributed by atoms with van der Waals surface area (Å²) in [6, 6.07) is 5.40. The number of hydrogen-bond donors (Lipinski definition) is 3. The van der Waals surface area contributed by atoms with E-state index in [0.717, 1.165) is 52.6 Å². The van der Waals surface area contributed by atoms with Gasteiger partial charge in [-0.2, -0.15) is 5.10 Å². The molecule has 0 amide bonds. The molecule has 4 aromatic heterocycles. The fourth-order valence-corrected chi connectivity index (χ4v) is 5.61. The van der Waals surface area contributed by atoms with Crippen molar-refractivity contribution in [3.05, 3.63) is 97.0 Å². The first-order chi connectivity index (χ1) is 19.9. The Morgan fingerprint density at radius 3 is 2.71 bits per heavy atom. The van der Waals surface area contributed by atoms with Gasteiger partial charge in [0.1, 0.15) is 16.9 Å². The first-order valence-corrected chi connectivity index (χ1v) is 13.9. The van der Waals surface area contributed by atoms with Crippen molar-refractivity contribution in [2.75, 3.05) is 5.32 Å². The molecule has 4 heterocycles. The highest BCUT2D eigenvalue weighted by atomic mass is 19.1. The van der Waals surface area contributed by atoms with Crippen molar-refractivity contribution in [3.8, 4) is 22.6 Å². The largest absolute Gasteiger partial charge is 0.358 e. The number of nitrogens with one attached hydrogen (secondary N) is 3. The van der Waals surface area contributed by atoms with Gasteiger partial charge in [0, 0.05) is 34.7 Å². The second-order valence-electron chi connectivity index (χ2n) is 10.7. The SMILES string of the molecule is C=C/C=C(\c1nc(-c2[nH]nc3c(F)cc(-c4cncc(NC(=C)C5CCCCC5)c4)cc23)[nH]c1C)n1cnc(C)c1. The predicted octanol–water partition coefficient (Wildman–Crippen LogP) is 7.55. The highest BCUT2D eigenvalue weighted by molar-refractivity contribution is 5.95. The lowest BCUT2D eigenvalue weighted by Crippen LogP contribution is -2.14. The molecule has 0 bridgehead atoms. The lowest BCUT2D eigenvalue weighted by atomic mass is 9.87. The molecule has 1 aliphatic rings. The number of halogens is 1. The summed E-state index contributed by atoms with van der Waals surface area (Å²) < 4.78 is 17.3. The van der Waals surface area contributed by atoms with Crippen LogP contribution in [0.2, 0.25) is 0 Å². The quantitative estimate of drug-likeness (QED) is 0.174. The summed E-state index contributed by atoms with van der Waals surface area (Å²) in [5.74, 6) is 0.603. The van der Waals surface area contributed by atoms with E-state index < -0.39 is 5.82 Å². The van der Waals surface area contributed by atoms with E-state index in [-0.39, 0.29) is 5.52 Å². The molecule has 0 aliphatic heterocycles. The highest BCUT2D eigenvalue weighted by Gasteiger charge is 2.20. The number of imidazole rings is 2. The number of allylic oxidation sites excluding steroid dienone is 3. The van der Waals surface area contributed by atoms with Crippen LogP contribution in [-0.2, 0) is 0 Å². The molecule has 1 fully saturated rings. The van der Waals surface area contributed by atoms with Gasteiger partial charge in [0.25, 0.3) is 0 Å². The number of aromatic amines is 2. The average Bonchev–Trinajstić information content (AvgIpc) is 3.70. The lowest BCUT2D eigenvalue weighted by molar-refractivity contribution is 0.405. The van der Waals surface area contributed by atoms with E-state index in [9.17, 15) is 0 Å². The monoisotopic (exact) mass is 548 g/mol. The third-order valence-corrected chi connectivity index (χ3v) is 7.72. The molecule has 208 valence electrons. The fourth-order valence-electron chi connectivity index (χ4n) is 5.61. The summed E-state index contributed by atoms with van der Waals surface area (Å²) in [5, 5.41) is 11.3. The summed E-state index contributed by atoms with van der Waals surface area (Å²) in [7, 11) is 0. The maximum Gasteiger partial charge on any atom is 0.157 e. The van der Waals surface area contributed by atoms with E-state index in [1.54, 1.807) is 24.8 Å². The van der Waals surface area contributed by atoms with E-state index in [2.05, 4.69) is 43.6 Å². The summed E-state index contributed by atoms with van der Waals surface area (Å²) >= 11 is 0. The molecule has 1 aliphatic carbocycles. The fraction of sp³-hybridized carbons (Fsp3) is 0.250. The van der Waals surface area contributed by atoms with Crippen LogP contribution in [0.1, 0.15) is 49.2 Å². The molecule has 1 saturated carbocycles. The van der Waals surface area contributed by atoms with Crippen LogP contribution in [0.15, 0.2) is 74.1 Å². The van der Waals surface area contributed by atoms with Crippen molar-refractivity contribution in [3.63, 3.8) is 0 Å². The van der Waals surface area contributed by atoms with Crippen molar-refractivity contribution in [2.45, 2.75) is 46.0 Å². The number of H-pyrrole nitrogens is 2. The lowest BCUT2D eigenvalue weighted by Gasteiger charge is -2.24. The molecule has 5 aromatic rings. The molecule has 0 atom stereocenters. The number of nitrogens with zero attached hydrogens (tertiary/aromatic N) is 5. The van der Waals surface area contributed by atoms with E-state index in [4.69, 9.17) is 4.98 Å². The summed E-state index contributed by atoms with van der Waals surface area (Å²) in [6.07, 6.45) is 16.9. The molecule has 0 spiro atoms. The minimum absolute atomic E-state index is 0.249. The Kier molecular flexibility index (Phi) is 7.09. The van der Waals surface area contributed by atoms with E-state index in [1.807, 2.05) is 42.8 Å². The van der Waals surface area contributed by atoms with Crippen LogP contribution in [0.3, 0.4) is 0 Å². The van der Waals surface area contributed by atoms with Crippen molar-refractivity contribution < 1.29 is 4.39 Å². The number of pyridine rings is 1. The maximum atomic E-state index is 15.4. The highest BCUT2D eigenvalue weighted by Crippen LogP contribution is 2.34. The zero-order chi connectivity index (χ0) is 28.5. The van der Waals surface area contributed by atoms with E-state index >= 15 is 4.39 Å². The smallest absolute Gasteiger partial charge is 0.157 e. The van der Waals surface area contributed by atoms with Gasteiger partial charge in [-0.15, -0.1) is 0 Å². The number of aromatic nitrogens is 7. The van der Waals surface area contributed by atoms with Crippen molar-refractivity contribution in [1.29, 1.82) is 0 Å². The van der Waals surface area contributed by atoms with Crippen molar-refractivity contribution in [2.24, 2.45) is 5.92 Å². The average molecular weight is 549 g/mol. The molecule has 1 aromatic carbocycles. The van der Waals surface area contributed by atoms with Gasteiger partial charge in [-0.1, -0.05) is 38.5 Å². The van der Waals surface area contributed by atoms with Crippen LogP contribution in [-0.4, -0.2) is 34.7 Å². The van der Waals surface area contributed by atoms with Crippen molar-refractivity contribution in [1.82, 2.24) is 34.7 Å². The summed E-state index contributed by atoms with van der Waals surface area (Å²) in [4.78, 5) is 17.0. The van der Waals surface area contributed by atoms with Crippen LogP contribution in [0.5, 0.6) is 0 Å². The molecular formula is C32H33FN8. The Hall–Kier alpha value is -4.79. The summed E-state index contributed by atoms with van der Waals surface area (Å²) in [6.45, 7) is 12.0. The normalized spacial score (nSPS) is 14.5. The van der Waals surface area contributed by atoms with E-state index in [1.165, 1.54) is 25.3 Å². The molecule has 0 unspecified atom stereocenters. The second kappa shape index (κ2) is 11.0. The zero-order valence-corrected chi connectivity index (χ0v) is 23.3. The van der Waals surface area contributed by atoms with Gasteiger partial charge >= 0.3 is 0 Å². The first-order valence-electron chi connectivity index (χ1n) is 13.9. The Morgan fingerprint density at radius 1 is 1.12 bits per heavy atom. The number of fused-ring (bicyclic) bond motifs is 1. The Balaban J connectivity index is 1.35. The van der Waals surface area contributed by atoms with Gasteiger partial charge in [0.15, 0.2) is 11.6 Å². The van der Waals surface area contributed by atoms with Crippen LogP contribution in [0.25, 0.3) is 39.2 Å². The molecule has 6 rings (SSSR count). The zero-order valence-electron chi connectivity index (χ0n) is 23.3. The topological polar surface area (TPSA) is 100 Å². The van der Waals surface area contributed by atoms with Gasteiger partial charge in [0.05, 0.1) is 29.6 Å². The van der Waals surface area contributed by atoms with Crippen LogP contribution < -0.4 is 5.32 Å².